The zero-order chi connectivity index (χ0) is 31.9. The second kappa shape index (κ2) is 11.8. The van der Waals surface area contributed by atoms with Crippen LogP contribution in [0.5, 0.6) is 0 Å². The van der Waals surface area contributed by atoms with E-state index in [1.54, 1.807) is 20.8 Å². The van der Waals surface area contributed by atoms with E-state index in [9.17, 15) is 28.8 Å². The van der Waals surface area contributed by atoms with Gasteiger partial charge in [0.25, 0.3) is 11.8 Å². The topological polar surface area (TPSA) is 112 Å². The monoisotopic (exact) mass is 573 g/mol. The van der Waals surface area contributed by atoms with Crippen molar-refractivity contribution in [2.45, 2.75) is 95.9 Å². The van der Waals surface area contributed by atoms with E-state index in [2.05, 4.69) is 0 Å². The SMILES string of the molecule is CC(C)(C)C(=O)CCC(=O)N(CCN1C(=O)C=C(C(C)(C)C)C1=O)CCN1C(=O)C(C(C)(C)C)C(C(C)(C)C)C1=O. The minimum atomic E-state index is -0.590. The fourth-order valence-electron chi connectivity index (χ4n) is 5.50. The van der Waals surface area contributed by atoms with Crippen molar-refractivity contribution in [3.8, 4) is 0 Å². The molecule has 9 nitrogen and oxygen atoms in total. The van der Waals surface area contributed by atoms with E-state index < -0.39 is 39.4 Å². The van der Waals surface area contributed by atoms with Crippen molar-refractivity contribution in [1.29, 1.82) is 0 Å². The van der Waals surface area contributed by atoms with Crippen molar-refractivity contribution >= 4 is 35.3 Å². The third kappa shape index (κ3) is 7.92. The summed E-state index contributed by atoms with van der Waals surface area (Å²) in [5.74, 6) is -2.69. The summed E-state index contributed by atoms with van der Waals surface area (Å²) in [6.07, 6.45) is 1.36. The fourth-order valence-corrected chi connectivity index (χ4v) is 5.50. The lowest BCUT2D eigenvalue weighted by Gasteiger charge is -2.35. The molecule has 2 heterocycles. The van der Waals surface area contributed by atoms with Gasteiger partial charge in [-0.05, 0) is 16.2 Å². The third-order valence-corrected chi connectivity index (χ3v) is 8.02. The van der Waals surface area contributed by atoms with Crippen molar-refractivity contribution in [1.82, 2.24) is 14.7 Å². The van der Waals surface area contributed by atoms with Gasteiger partial charge in [0.2, 0.25) is 17.7 Å². The molecule has 2 unspecified atom stereocenters. The van der Waals surface area contributed by atoms with Crippen LogP contribution in [0.25, 0.3) is 0 Å². The Morgan fingerprint density at radius 3 is 1.51 bits per heavy atom. The Hall–Kier alpha value is -2.84. The summed E-state index contributed by atoms with van der Waals surface area (Å²) in [4.78, 5) is 82.5. The number of carbonyl (C=O) groups excluding carboxylic acids is 6. The number of hydrogen-bond donors (Lipinski definition) is 0. The van der Waals surface area contributed by atoms with Crippen molar-refractivity contribution < 1.29 is 28.8 Å². The van der Waals surface area contributed by atoms with Crippen LogP contribution in [0.4, 0.5) is 0 Å². The maximum absolute atomic E-state index is 13.6. The van der Waals surface area contributed by atoms with Crippen LogP contribution in [-0.2, 0) is 28.8 Å². The van der Waals surface area contributed by atoms with Crippen LogP contribution in [-0.4, -0.2) is 76.2 Å². The van der Waals surface area contributed by atoms with Crippen molar-refractivity contribution in [3.05, 3.63) is 11.6 Å². The molecule has 0 bridgehead atoms. The zero-order valence-electron chi connectivity index (χ0n) is 27.3. The number of rotatable bonds is 9. The van der Waals surface area contributed by atoms with Crippen molar-refractivity contribution in [3.63, 3.8) is 0 Å². The van der Waals surface area contributed by atoms with E-state index in [-0.39, 0.29) is 68.4 Å². The highest BCUT2D eigenvalue weighted by Gasteiger charge is 2.56. The average Bonchev–Trinajstić information content (AvgIpc) is 3.23. The standard InChI is InChI=1S/C32H51N3O6/c1-29(2,3)20-19-23(38)34(26(20)39)17-15-33(22(37)14-13-21(36)30(4,5)6)16-18-35-27(40)24(31(7,8)9)25(28(35)41)32(10,11)12/h19,24-25H,13-18H2,1-12H3. The van der Waals surface area contributed by atoms with Gasteiger partial charge in [0, 0.05) is 56.1 Å². The second-order valence-electron chi connectivity index (χ2n) is 15.7. The van der Waals surface area contributed by atoms with Gasteiger partial charge in [0.05, 0.1) is 11.8 Å². The molecule has 9 heteroatoms. The molecular formula is C32H51N3O6. The first-order chi connectivity index (χ1) is 18.4. The van der Waals surface area contributed by atoms with Gasteiger partial charge in [0.15, 0.2) is 0 Å². The summed E-state index contributed by atoms with van der Waals surface area (Å²) in [6, 6.07) is 0. The van der Waals surface area contributed by atoms with E-state index in [0.29, 0.717) is 5.57 Å². The Bertz CT molecular complexity index is 1090. The van der Waals surface area contributed by atoms with Crippen molar-refractivity contribution in [2.24, 2.45) is 33.5 Å². The lowest BCUT2D eigenvalue weighted by atomic mass is 9.65. The van der Waals surface area contributed by atoms with Crippen LogP contribution in [0.3, 0.4) is 0 Å². The number of nitrogens with zero attached hydrogens (tertiary/aromatic N) is 3. The molecule has 0 spiro atoms. The first-order valence-electron chi connectivity index (χ1n) is 14.6. The number of ketones is 1. The summed E-state index contributed by atoms with van der Waals surface area (Å²) < 4.78 is 0. The molecule has 41 heavy (non-hydrogen) atoms. The number of amides is 5. The Labute approximate surface area is 246 Å². The smallest absolute Gasteiger partial charge is 0.257 e. The highest BCUT2D eigenvalue weighted by atomic mass is 16.2. The summed E-state index contributed by atoms with van der Waals surface area (Å²) >= 11 is 0. The maximum atomic E-state index is 13.6. The molecule has 0 aliphatic carbocycles. The molecule has 230 valence electrons. The van der Waals surface area contributed by atoms with Gasteiger partial charge in [0.1, 0.15) is 5.78 Å². The second-order valence-corrected chi connectivity index (χ2v) is 15.7. The minimum absolute atomic E-state index is 0.00314. The Balaban J connectivity index is 2.26. The molecule has 1 saturated heterocycles. The van der Waals surface area contributed by atoms with E-state index in [1.807, 2.05) is 62.3 Å². The van der Waals surface area contributed by atoms with Crippen LogP contribution in [0.15, 0.2) is 11.6 Å². The number of Topliss-reactive ketones (excluding diaryl/α,β-unsaturated/α-hetero) is 1. The molecule has 2 rings (SSSR count). The summed E-state index contributed by atoms with van der Waals surface area (Å²) in [6.45, 7) is 22.7. The van der Waals surface area contributed by atoms with Crippen LogP contribution in [0.1, 0.15) is 95.9 Å². The predicted molar refractivity (Wildman–Crippen MR) is 157 cm³/mol. The first-order valence-corrected chi connectivity index (χ1v) is 14.6. The normalized spacial score (nSPS) is 20.7. The largest absolute Gasteiger partial charge is 0.339 e. The highest BCUT2D eigenvalue weighted by molar-refractivity contribution is 6.16. The van der Waals surface area contributed by atoms with Gasteiger partial charge in [-0.3, -0.25) is 38.6 Å². The zero-order valence-corrected chi connectivity index (χ0v) is 27.3. The van der Waals surface area contributed by atoms with Crippen LogP contribution >= 0.6 is 0 Å². The fraction of sp³-hybridized carbons (Fsp3) is 0.750. The molecule has 5 amide bonds. The molecule has 2 atom stereocenters. The Kier molecular flexibility index (Phi) is 9.89. The third-order valence-electron chi connectivity index (χ3n) is 8.02. The lowest BCUT2D eigenvalue weighted by Crippen LogP contribution is -2.46. The maximum Gasteiger partial charge on any atom is 0.257 e. The molecule has 2 aliphatic heterocycles. The van der Waals surface area contributed by atoms with Gasteiger partial charge in [-0.2, -0.15) is 0 Å². The van der Waals surface area contributed by atoms with Crippen LogP contribution in [0.2, 0.25) is 0 Å². The number of hydrogen-bond acceptors (Lipinski definition) is 6. The summed E-state index contributed by atoms with van der Waals surface area (Å²) in [5, 5.41) is 0. The lowest BCUT2D eigenvalue weighted by molar-refractivity contribution is -0.143. The van der Waals surface area contributed by atoms with Gasteiger partial charge in [-0.15, -0.1) is 0 Å². The van der Waals surface area contributed by atoms with Gasteiger partial charge in [-0.1, -0.05) is 83.1 Å². The molecule has 0 aromatic heterocycles. The predicted octanol–water partition coefficient (Wildman–Crippen LogP) is 4.25. The molecule has 0 saturated carbocycles. The molecule has 1 fully saturated rings. The molecular weight excluding hydrogens is 522 g/mol. The molecule has 0 aromatic carbocycles. The number of carbonyl (C=O) groups is 6. The Morgan fingerprint density at radius 1 is 0.707 bits per heavy atom. The van der Waals surface area contributed by atoms with Gasteiger partial charge in [-0.25, -0.2) is 0 Å². The quantitative estimate of drug-likeness (QED) is 0.381. The van der Waals surface area contributed by atoms with E-state index >= 15 is 0 Å². The van der Waals surface area contributed by atoms with E-state index in [0.717, 1.165) is 4.90 Å². The summed E-state index contributed by atoms with van der Waals surface area (Å²) in [5.41, 5.74) is -1.56. The highest BCUT2D eigenvalue weighted by Crippen LogP contribution is 2.47. The molecule has 0 radical (unpaired) electrons. The Morgan fingerprint density at radius 2 is 1.15 bits per heavy atom. The van der Waals surface area contributed by atoms with Crippen LogP contribution < -0.4 is 0 Å². The molecule has 0 N–H and O–H groups in total. The van der Waals surface area contributed by atoms with E-state index in [4.69, 9.17) is 0 Å². The molecule has 2 aliphatic rings. The van der Waals surface area contributed by atoms with Gasteiger partial charge < -0.3 is 4.90 Å². The average molecular weight is 574 g/mol. The van der Waals surface area contributed by atoms with Crippen molar-refractivity contribution in [2.75, 3.05) is 26.2 Å². The van der Waals surface area contributed by atoms with E-state index in [1.165, 1.54) is 15.9 Å². The minimum Gasteiger partial charge on any atom is -0.339 e. The molecule has 0 aromatic rings. The number of likely N-dealkylation sites (tertiary alicyclic amines) is 1. The summed E-state index contributed by atoms with van der Waals surface area (Å²) in [7, 11) is 0. The van der Waals surface area contributed by atoms with Crippen LogP contribution in [0, 0.1) is 33.5 Å². The van der Waals surface area contributed by atoms with Gasteiger partial charge >= 0.3 is 0 Å². The first kappa shape index (κ1) is 34.4. The number of imide groups is 2.